The molecule has 0 radical (unpaired) electrons. The van der Waals surface area contributed by atoms with Crippen molar-refractivity contribution in [2.45, 2.75) is 26.2 Å². The van der Waals surface area contributed by atoms with Crippen molar-refractivity contribution in [1.82, 2.24) is 0 Å². The van der Waals surface area contributed by atoms with Crippen LogP contribution in [-0.4, -0.2) is 32.1 Å². The molecule has 6 heteroatoms. The number of carbonyl (C=O) groups excluding carboxylic acids is 2. The molecule has 0 unspecified atom stereocenters. The summed E-state index contributed by atoms with van der Waals surface area (Å²) in [6.45, 7) is 3.38. The molecule has 29 heavy (non-hydrogen) atoms. The average Bonchev–Trinajstić information content (AvgIpc) is 3.17. The van der Waals surface area contributed by atoms with Crippen LogP contribution in [0, 0.1) is 0 Å². The number of methoxy groups -OCH3 is 1. The number of ether oxygens (including phenoxy) is 2. The summed E-state index contributed by atoms with van der Waals surface area (Å²) in [5.41, 5.74) is 2.29. The van der Waals surface area contributed by atoms with Crippen LogP contribution in [0.1, 0.15) is 31.7 Å². The van der Waals surface area contributed by atoms with Gasteiger partial charge in [0.15, 0.2) is 11.5 Å². The predicted molar refractivity (Wildman–Crippen MR) is 114 cm³/mol. The fraction of sp³-hybridized carbons (Fsp3) is 0.304. The van der Waals surface area contributed by atoms with Crippen LogP contribution in [-0.2, 0) is 9.59 Å². The van der Waals surface area contributed by atoms with E-state index >= 15 is 0 Å². The van der Waals surface area contributed by atoms with Gasteiger partial charge in [-0.15, -0.1) is 0 Å². The molecule has 152 valence electrons. The largest absolute Gasteiger partial charge is 0.493 e. The maximum Gasteiger partial charge on any atom is 0.248 e. The highest BCUT2D eigenvalue weighted by Crippen LogP contribution is 2.29. The summed E-state index contributed by atoms with van der Waals surface area (Å²) in [5, 5.41) is 2.84. The first-order valence-electron chi connectivity index (χ1n) is 9.81. The van der Waals surface area contributed by atoms with E-state index in [2.05, 4.69) is 5.32 Å². The molecule has 1 aliphatic heterocycles. The highest BCUT2D eigenvalue weighted by atomic mass is 16.5. The van der Waals surface area contributed by atoms with Crippen LogP contribution in [0.4, 0.5) is 11.4 Å². The summed E-state index contributed by atoms with van der Waals surface area (Å²) in [6, 6.07) is 12.9. The number of nitrogens with zero attached hydrogens (tertiary/aromatic N) is 1. The van der Waals surface area contributed by atoms with Crippen molar-refractivity contribution in [2.75, 3.05) is 30.5 Å². The first kappa shape index (κ1) is 20.5. The van der Waals surface area contributed by atoms with Crippen molar-refractivity contribution in [2.24, 2.45) is 0 Å². The van der Waals surface area contributed by atoms with Crippen LogP contribution < -0.4 is 19.7 Å². The fourth-order valence-electron chi connectivity index (χ4n) is 3.15. The second-order valence-electron chi connectivity index (χ2n) is 6.78. The molecule has 1 N–H and O–H groups in total. The Bertz CT molecular complexity index is 908. The van der Waals surface area contributed by atoms with E-state index in [1.54, 1.807) is 24.2 Å². The van der Waals surface area contributed by atoms with Gasteiger partial charge >= 0.3 is 0 Å². The Kier molecular flexibility index (Phi) is 6.89. The Morgan fingerprint density at radius 2 is 2.07 bits per heavy atom. The van der Waals surface area contributed by atoms with Gasteiger partial charge in [-0.25, -0.2) is 0 Å². The molecule has 0 aliphatic carbocycles. The number of anilines is 2. The zero-order valence-corrected chi connectivity index (χ0v) is 16.8. The number of hydrogen-bond donors (Lipinski definition) is 1. The first-order valence-corrected chi connectivity index (χ1v) is 9.81. The van der Waals surface area contributed by atoms with E-state index in [4.69, 9.17) is 9.47 Å². The summed E-state index contributed by atoms with van der Waals surface area (Å²) in [7, 11) is 1.59. The highest BCUT2D eigenvalue weighted by molar-refractivity contribution is 6.02. The lowest BCUT2D eigenvalue weighted by atomic mass is 10.2. The van der Waals surface area contributed by atoms with Crippen molar-refractivity contribution >= 4 is 29.3 Å². The van der Waals surface area contributed by atoms with E-state index in [-0.39, 0.29) is 11.8 Å². The Morgan fingerprint density at radius 3 is 2.79 bits per heavy atom. The van der Waals surface area contributed by atoms with Crippen LogP contribution in [0.15, 0.2) is 48.5 Å². The summed E-state index contributed by atoms with van der Waals surface area (Å²) in [6.07, 6.45) is 5.54. The molecular formula is C23H26N2O4. The Labute approximate surface area is 171 Å². The quantitative estimate of drug-likeness (QED) is 0.679. The molecule has 3 rings (SSSR count). The zero-order valence-electron chi connectivity index (χ0n) is 16.8. The SMILES string of the molecule is CCCOc1ccc(/C=C/C(=O)Nc2cccc(N3CCCC3=O)c2)cc1OC. The monoisotopic (exact) mass is 394 g/mol. The Balaban J connectivity index is 1.65. The fourth-order valence-corrected chi connectivity index (χ4v) is 3.15. The number of nitrogens with one attached hydrogen (secondary N) is 1. The molecule has 0 spiro atoms. The van der Waals surface area contributed by atoms with Crippen molar-refractivity contribution in [3.05, 3.63) is 54.1 Å². The van der Waals surface area contributed by atoms with Crippen LogP contribution in [0.5, 0.6) is 11.5 Å². The molecule has 0 bridgehead atoms. The van der Waals surface area contributed by atoms with Gasteiger partial charge in [0.05, 0.1) is 13.7 Å². The Hall–Kier alpha value is -3.28. The van der Waals surface area contributed by atoms with E-state index < -0.39 is 0 Å². The summed E-state index contributed by atoms with van der Waals surface area (Å²) >= 11 is 0. The van der Waals surface area contributed by atoms with Gasteiger partial charge < -0.3 is 19.7 Å². The minimum Gasteiger partial charge on any atom is -0.493 e. The van der Waals surface area contributed by atoms with E-state index in [1.807, 2.05) is 43.3 Å². The topological polar surface area (TPSA) is 67.9 Å². The molecule has 2 aromatic rings. The number of amides is 2. The number of benzene rings is 2. The predicted octanol–water partition coefficient (Wildman–Crippen LogP) is 4.26. The molecule has 1 fully saturated rings. The van der Waals surface area contributed by atoms with Gasteiger partial charge in [0, 0.05) is 30.4 Å². The molecule has 0 saturated carbocycles. The number of carbonyl (C=O) groups is 2. The second kappa shape index (κ2) is 9.78. The van der Waals surface area contributed by atoms with E-state index in [9.17, 15) is 9.59 Å². The molecule has 2 aromatic carbocycles. The highest BCUT2D eigenvalue weighted by Gasteiger charge is 2.21. The number of hydrogen-bond acceptors (Lipinski definition) is 4. The molecular weight excluding hydrogens is 368 g/mol. The molecule has 1 saturated heterocycles. The maximum atomic E-state index is 12.3. The summed E-state index contributed by atoms with van der Waals surface area (Å²) < 4.78 is 11.0. The van der Waals surface area contributed by atoms with Crippen LogP contribution in [0.2, 0.25) is 0 Å². The van der Waals surface area contributed by atoms with Gasteiger partial charge in [0.2, 0.25) is 11.8 Å². The smallest absolute Gasteiger partial charge is 0.248 e. The van der Waals surface area contributed by atoms with Crippen molar-refractivity contribution in [3.8, 4) is 11.5 Å². The van der Waals surface area contributed by atoms with Crippen molar-refractivity contribution < 1.29 is 19.1 Å². The lowest BCUT2D eigenvalue weighted by Crippen LogP contribution is -2.23. The number of rotatable bonds is 8. The first-order chi connectivity index (χ1) is 14.1. The molecule has 0 aromatic heterocycles. The van der Waals surface area contributed by atoms with E-state index in [0.29, 0.717) is 30.2 Å². The molecule has 1 heterocycles. The summed E-state index contributed by atoms with van der Waals surface area (Å²) in [5.74, 6) is 1.18. The van der Waals surface area contributed by atoms with Gasteiger partial charge in [-0.3, -0.25) is 9.59 Å². The Morgan fingerprint density at radius 1 is 1.21 bits per heavy atom. The molecule has 6 nitrogen and oxygen atoms in total. The van der Waals surface area contributed by atoms with Gasteiger partial charge in [0.25, 0.3) is 0 Å². The van der Waals surface area contributed by atoms with E-state index in [0.717, 1.165) is 30.6 Å². The minimum atomic E-state index is -0.250. The average molecular weight is 394 g/mol. The lowest BCUT2D eigenvalue weighted by Gasteiger charge is -2.16. The summed E-state index contributed by atoms with van der Waals surface area (Å²) in [4.78, 5) is 26.0. The van der Waals surface area contributed by atoms with Crippen molar-refractivity contribution in [1.29, 1.82) is 0 Å². The third-order valence-electron chi connectivity index (χ3n) is 4.58. The lowest BCUT2D eigenvalue weighted by molar-refractivity contribution is -0.117. The third-order valence-corrected chi connectivity index (χ3v) is 4.58. The van der Waals surface area contributed by atoms with Gasteiger partial charge in [-0.2, -0.15) is 0 Å². The van der Waals surface area contributed by atoms with E-state index in [1.165, 1.54) is 6.08 Å². The zero-order chi connectivity index (χ0) is 20.6. The van der Waals surface area contributed by atoms with Gasteiger partial charge in [-0.1, -0.05) is 19.1 Å². The van der Waals surface area contributed by atoms with Crippen LogP contribution in [0.25, 0.3) is 6.08 Å². The van der Waals surface area contributed by atoms with Crippen molar-refractivity contribution in [3.63, 3.8) is 0 Å². The minimum absolute atomic E-state index is 0.119. The van der Waals surface area contributed by atoms with Gasteiger partial charge in [-0.05, 0) is 54.8 Å². The van der Waals surface area contributed by atoms with Crippen LogP contribution in [0.3, 0.4) is 0 Å². The third kappa shape index (κ3) is 5.38. The normalized spacial score (nSPS) is 13.7. The molecule has 1 aliphatic rings. The standard InChI is InChI=1S/C23H26N2O4/c1-3-14-29-20-11-9-17(15-21(20)28-2)10-12-22(26)24-18-6-4-7-19(16-18)25-13-5-8-23(25)27/h4,6-7,9-12,15-16H,3,5,8,13-14H2,1-2H3,(H,24,26)/b12-10+. The maximum absolute atomic E-state index is 12.3. The van der Waals surface area contributed by atoms with Gasteiger partial charge in [0.1, 0.15) is 0 Å². The second-order valence-corrected chi connectivity index (χ2v) is 6.78. The van der Waals surface area contributed by atoms with Crippen LogP contribution >= 0.6 is 0 Å². The molecule has 0 atom stereocenters. The molecule has 2 amide bonds.